The van der Waals surface area contributed by atoms with Crippen LogP contribution >= 0.6 is 12.2 Å². The fourth-order valence-electron chi connectivity index (χ4n) is 2.10. The van der Waals surface area contributed by atoms with Crippen LogP contribution in [0.1, 0.15) is 30.6 Å². The number of hydrogen-bond donors (Lipinski definition) is 3. The maximum Gasteiger partial charge on any atom is 0.266 e. The lowest BCUT2D eigenvalue weighted by molar-refractivity contribution is 0.0908. The minimum atomic E-state index is -0.240. The highest BCUT2D eigenvalue weighted by atomic mass is 32.1. The van der Waals surface area contributed by atoms with Crippen molar-refractivity contribution in [3.63, 3.8) is 0 Å². The van der Waals surface area contributed by atoms with E-state index in [2.05, 4.69) is 10.3 Å². The van der Waals surface area contributed by atoms with Crippen LogP contribution in [0.15, 0.2) is 22.6 Å². The van der Waals surface area contributed by atoms with Crippen LogP contribution in [0.3, 0.4) is 0 Å². The molecule has 1 atom stereocenters. The Kier molecular flexibility index (Phi) is 4.57. The molecule has 1 heterocycles. The van der Waals surface area contributed by atoms with E-state index < -0.39 is 0 Å². The van der Waals surface area contributed by atoms with Crippen molar-refractivity contribution in [2.75, 3.05) is 6.61 Å². The number of H-pyrrole nitrogens is 1. The Morgan fingerprint density at radius 2 is 2.25 bits per heavy atom. The van der Waals surface area contributed by atoms with Gasteiger partial charge in [0.15, 0.2) is 5.58 Å². The molecular weight excluding hydrogens is 276 g/mol. The summed E-state index contributed by atoms with van der Waals surface area (Å²) >= 11 is 4.90. The first-order chi connectivity index (χ1) is 9.49. The number of aliphatic hydroxyl groups is 1. The van der Waals surface area contributed by atoms with Gasteiger partial charge in [0.1, 0.15) is 0 Å². The quantitative estimate of drug-likeness (QED) is 0.741. The van der Waals surface area contributed by atoms with E-state index in [-0.39, 0.29) is 23.4 Å². The second-order valence-corrected chi connectivity index (χ2v) is 5.58. The highest BCUT2D eigenvalue weighted by molar-refractivity contribution is 7.71. The minimum Gasteiger partial charge on any atom is -0.429 e. The number of benzene rings is 1. The van der Waals surface area contributed by atoms with Crippen molar-refractivity contribution in [2.45, 2.75) is 26.3 Å². The van der Waals surface area contributed by atoms with Gasteiger partial charge in [-0.25, -0.2) is 0 Å². The Bertz CT molecular complexity index is 660. The highest BCUT2D eigenvalue weighted by Gasteiger charge is 2.15. The third-order valence-electron chi connectivity index (χ3n) is 2.99. The van der Waals surface area contributed by atoms with Crippen molar-refractivity contribution in [3.05, 3.63) is 28.6 Å². The molecule has 1 unspecified atom stereocenters. The summed E-state index contributed by atoms with van der Waals surface area (Å²) < 4.78 is 5.28. The van der Waals surface area contributed by atoms with E-state index in [1.165, 1.54) is 0 Å². The molecule has 2 rings (SSSR count). The van der Waals surface area contributed by atoms with Crippen LogP contribution in [0.2, 0.25) is 0 Å². The van der Waals surface area contributed by atoms with Crippen LogP contribution in [-0.4, -0.2) is 28.6 Å². The van der Waals surface area contributed by atoms with Crippen molar-refractivity contribution < 1.29 is 14.3 Å². The number of aromatic nitrogens is 1. The number of carbonyl (C=O) groups is 1. The van der Waals surface area contributed by atoms with Crippen molar-refractivity contribution in [3.8, 4) is 0 Å². The fourth-order valence-corrected chi connectivity index (χ4v) is 2.30. The third-order valence-corrected chi connectivity index (χ3v) is 3.18. The molecule has 0 aliphatic heterocycles. The average molecular weight is 294 g/mol. The van der Waals surface area contributed by atoms with E-state index in [0.717, 1.165) is 11.9 Å². The number of amides is 1. The zero-order valence-electron chi connectivity index (χ0n) is 11.5. The summed E-state index contributed by atoms with van der Waals surface area (Å²) in [4.78, 5) is 15.3. The van der Waals surface area contributed by atoms with Crippen molar-refractivity contribution in [1.29, 1.82) is 0 Å². The number of aliphatic hydroxyl groups excluding tert-OH is 1. The number of aromatic amines is 1. The molecule has 1 amide bonds. The predicted octanol–water partition coefficient (Wildman–Crippen LogP) is 2.63. The molecule has 0 aliphatic carbocycles. The van der Waals surface area contributed by atoms with Gasteiger partial charge in [0, 0.05) is 5.56 Å². The van der Waals surface area contributed by atoms with E-state index in [1.807, 2.05) is 13.8 Å². The maximum atomic E-state index is 12.1. The molecule has 20 heavy (non-hydrogen) atoms. The summed E-state index contributed by atoms with van der Waals surface area (Å²) in [7, 11) is 0. The fraction of sp³-hybridized carbons (Fsp3) is 0.429. The molecule has 0 saturated carbocycles. The highest BCUT2D eigenvalue weighted by Crippen LogP contribution is 2.16. The van der Waals surface area contributed by atoms with Gasteiger partial charge >= 0.3 is 0 Å². The molecule has 0 aliphatic rings. The van der Waals surface area contributed by atoms with Crippen LogP contribution in [0.4, 0.5) is 0 Å². The monoisotopic (exact) mass is 294 g/mol. The van der Waals surface area contributed by atoms with Crippen LogP contribution in [0.5, 0.6) is 0 Å². The number of oxazole rings is 1. The second-order valence-electron chi connectivity index (χ2n) is 5.21. The molecule has 3 N–H and O–H groups in total. The largest absolute Gasteiger partial charge is 0.429 e. The zero-order valence-corrected chi connectivity index (χ0v) is 12.3. The summed E-state index contributed by atoms with van der Waals surface area (Å²) in [5.41, 5.74) is 1.79. The Morgan fingerprint density at radius 3 is 2.90 bits per heavy atom. The first kappa shape index (κ1) is 14.7. The lowest BCUT2D eigenvalue weighted by Crippen LogP contribution is -2.38. The lowest BCUT2D eigenvalue weighted by atomic mass is 10.0. The molecule has 2 aromatic rings. The number of rotatable bonds is 5. The first-order valence-corrected chi connectivity index (χ1v) is 6.95. The predicted molar refractivity (Wildman–Crippen MR) is 79.2 cm³/mol. The summed E-state index contributed by atoms with van der Waals surface area (Å²) in [6.07, 6.45) is 0.731. The Labute approximate surface area is 122 Å². The molecule has 5 nitrogen and oxygen atoms in total. The number of nitrogens with one attached hydrogen (secondary N) is 2. The molecule has 6 heteroatoms. The molecule has 1 aromatic carbocycles. The topological polar surface area (TPSA) is 78.3 Å². The van der Waals surface area contributed by atoms with E-state index in [9.17, 15) is 9.90 Å². The van der Waals surface area contributed by atoms with Crippen LogP contribution < -0.4 is 5.32 Å². The smallest absolute Gasteiger partial charge is 0.266 e. The summed E-state index contributed by atoms with van der Waals surface area (Å²) in [6, 6.07) is 4.85. The Hall–Kier alpha value is -1.66. The van der Waals surface area contributed by atoms with Crippen LogP contribution in [-0.2, 0) is 0 Å². The first-order valence-electron chi connectivity index (χ1n) is 6.54. The van der Waals surface area contributed by atoms with Crippen LogP contribution in [0.25, 0.3) is 11.1 Å². The normalized spacial score (nSPS) is 12.8. The van der Waals surface area contributed by atoms with Gasteiger partial charge in [-0.05, 0) is 42.8 Å². The molecule has 1 aromatic heterocycles. The van der Waals surface area contributed by atoms with Gasteiger partial charge in [-0.3, -0.25) is 4.79 Å². The number of fused-ring (bicyclic) bond motifs is 1. The number of carbonyl (C=O) groups excluding carboxylic acids is 1. The molecule has 0 fully saturated rings. The van der Waals surface area contributed by atoms with Gasteiger partial charge in [-0.2, -0.15) is 0 Å². The van der Waals surface area contributed by atoms with Gasteiger partial charge < -0.3 is 19.8 Å². The standard InChI is InChI=1S/C14H18N2O3S/c1-8(2)5-10(7-17)15-13(18)9-3-4-11-12(6-9)19-14(20)16-11/h3-4,6,8,10,17H,5,7H2,1-2H3,(H,15,18)(H,16,20). The van der Waals surface area contributed by atoms with Crippen molar-refractivity contribution >= 4 is 29.2 Å². The average Bonchev–Trinajstić information content (AvgIpc) is 2.76. The molecule has 108 valence electrons. The van der Waals surface area contributed by atoms with Gasteiger partial charge in [0.05, 0.1) is 18.2 Å². The van der Waals surface area contributed by atoms with Gasteiger partial charge in [-0.1, -0.05) is 13.8 Å². The van der Waals surface area contributed by atoms with Crippen LogP contribution in [0, 0.1) is 10.8 Å². The second kappa shape index (κ2) is 6.19. The molecule has 0 spiro atoms. The van der Waals surface area contributed by atoms with Crippen molar-refractivity contribution in [1.82, 2.24) is 10.3 Å². The summed E-state index contributed by atoms with van der Waals surface area (Å²) in [5, 5.41) is 12.1. The molecule has 0 radical (unpaired) electrons. The molecular formula is C14H18N2O3S. The van der Waals surface area contributed by atoms with E-state index in [4.69, 9.17) is 16.6 Å². The van der Waals surface area contributed by atoms with Gasteiger partial charge in [0.2, 0.25) is 0 Å². The third kappa shape index (κ3) is 3.46. The summed E-state index contributed by atoms with van der Waals surface area (Å²) in [5.74, 6) is 0.172. The SMILES string of the molecule is CC(C)CC(CO)NC(=O)c1ccc2[nH]c(=S)oc2c1. The molecule has 0 saturated heterocycles. The van der Waals surface area contributed by atoms with E-state index >= 15 is 0 Å². The Morgan fingerprint density at radius 1 is 1.50 bits per heavy atom. The maximum absolute atomic E-state index is 12.1. The van der Waals surface area contributed by atoms with Gasteiger partial charge in [0.25, 0.3) is 10.7 Å². The Balaban J connectivity index is 2.15. The zero-order chi connectivity index (χ0) is 14.7. The minimum absolute atomic E-state index is 0.0724. The van der Waals surface area contributed by atoms with E-state index in [1.54, 1.807) is 18.2 Å². The number of hydrogen-bond acceptors (Lipinski definition) is 4. The van der Waals surface area contributed by atoms with Crippen molar-refractivity contribution in [2.24, 2.45) is 5.92 Å². The van der Waals surface area contributed by atoms with E-state index in [0.29, 0.717) is 17.1 Å². The lowest BCUT2D eigenvalue weighted by Gasteiger charge is -2.18. The molecule has 0 bridgehead atoms. The van der Waals surface area contributed by atoms with Gasteiger partial charge in [-0.15, -0.1) is 0 Å². The summed E-state index contributed by atoms with van der Waals surface area (Å²) in [6.45, 7) is 4.02.